The van der Waals surface area contributed by atoms with Gasteiger partial charge in [-0.3, -0.25) is 10.1 Å². The van der Waals surface area contributed by atoms with Crippen LogP contribution < -0.4 is 10.6 Å². The number of rotatable bonds is 5. The molecule has 2 aromatic rings. The number of urea groups is 1. The first-order valence-corrected chi connectivity index (χ1v) is 6.79. The molecule has 0 saturated carbocycles. The Morgan fingerprint density at radius 3 is 2.46 bits per heavy atom. The van der Waals surface area contributed by atoms with Crippen LogP contribution in [0.4, 0.5) is 25.0 Å². The van der Waals surface area contributed by atoms with E-state index in [1.165, 1.54) is 18.2 Å². The molecule has 0 bridgehead atoms. The van der Waals surface area contributed by atoms with Gasteiger partial charge in [-0.15, -0.1) is 0 Å². The Morgan fingerprint density at radius 2 is 1.83 bits per heavy atom. The lowest BCUT2D eigenvalue weighted by atomic mass is 10.1. The fraction of sp³-hybridized carbons (Fsp3) is 0.133. The smallest absolute Gasteiger partial charge is 0.319 e. The summed E-state index contributed by atoms with van der Waals surface area (Å²) in [6.45, 7) is -0.446. The monoisotopic (exact) mass is 337 g/mol. The van der Waals surface area contributed by atoms with Crippen molar-refractivity contribution < 1.29 is 23.6 Å². The molecule has 0 saturated heterocycles. The van der Waals surface area contributed by atoms with Crippen molar-refractivity contribution in [1.82, 2.24) is 5.32 Å². The molecule has 24 heavy (non-hydrogen) atoms. The van der Waals surface area contributed by atoms with Gasteiger partial charge in [-0.2, -0.15) is 0 Å². The number of aliphatic hydroxyl groups excluding tert-OH is 1. The van der Waals surface area contributed by atoms with Crippen LogP contribution in [0.15, 0.2) is 42.5 Å². The summed E-state index contributed by atoms with van der Waals surface area (Å²) < 4.78 is 27.0. The highest BCUT2D eigenvalue weighted by Gasteiger charge is 2.18. The minimum absolute atomic E-state index is 0.160. The van der Waals surface area contributed by atoms with Crippen molar-refractivity contribution in [3.63, 3.8) is 0 Å². The number of nitro benzene ring substituents is 1. The number of halogens is 2. The number of nitrogens with one attached hydrogen (secondary N) is 2. The van der Waals surface area contributed by atoms with Crippen molar-refractivity contribution in [3.8, 4) is 0 Å². The number of amides is 2. The maximum absolute atomic E-state index is 13.5. The highest BCUT2D eigenvalue weighted by Crippen LogP contribution is 2.20. The molecule has 0 aliphatic rings. The minimum atomic E-state index is -1.58. The molecule has 0 spiro atoms. The van der Waals surface area contributed by atoms with Crippen LogP contribution in [0.5, 0.6) is 0 Å². The molecule has 1 atom stereocenters. The second-order valence-corrected chi connectivity index (χ2v) is 4.79. The third kappa shape index (κ3) is 4.23. The molecule has 2 amide bonds. The van der Waals surface area contributed by atoms with Crippen LogP contribution in [0, 0.1) is 21.7 Å². The molecule has 0 fully saturated rings. The van der Waals surface area contributed by atoms with Crippen molar-refractivity contribution in [2.24, 2.45) is 0 Å². The second-order valence-electron chi connectivity index (χ2n) is 4.79. The zero-order valence-electron chi connectivity index (χ0n) is 12.2. The number of aliphatic hydroxyl groups is 1. The summed E-state index contributed by atoms with van der Waals surface area (Å²) in [7, 11) is 0. The van der Waals surface area contributed by atoms with Crippen LogP contribution in [-0.2, 0) is 0 Å². The van der Waals surface area contributed by atoms with Gasteiger partial charge in [-0.1, -0.05) is 12.1 Å². The standard InChI is InChI=1S/C15H13F2N3O4/c16-11-5-2-6-12(17)14(11)13(21)8-18-15(22)19-9-3-1-4-10(7-9)20(23)24/h1-7,13,21H,8H2,(H2,18,19,22). The Hall–Kier alpha value is -3.07. The number of carbonyl (C=O) groups excluding carboxylic acids is 1. The largest absolute Gasteiger partial charge is 0.386 e. The van der Waals surface area contributed by atoms with Gasteiger partial charge in [0.05, 0.1) is 10.5 Å². The van der Waals surface area contributed by atoms with Gasteiger partial charge in [0.1, 0.15) is 17.7 Å². The first kappa shape index (κ1) is 17.3. The summed E-state index contributed by atoms with van der Waals surface area (Å²) in [5.41, 5.74) is -0.595. The molecule has 2 rings (SSSR count). The zero-order valence-corrected chi connectivity index (χ0v) is 12.2. The Balaban J connectivity index is 1.96. The molecule has 0 radical (unpaired) electrons. The van der Waals surface area contributed by atoms with Crippen LogP contribution in [0.1, 0.15) is 11.7 Å². The number of non-ortho nitro benzene ring substituents is 1. The van der Waals surface area contributed by atoms with Crippen molar-refractivity contribution in [1.29, 1.82) is 0 Å². The lowest BCUT2D eigenvalue weighted by Gasteiger charge is -2.14. The second kappa shape index (κ2) is 7.47. The van der Waals surface area contributed by atoms with Gasteiger partial charge in [-0.25, -0.2) is 13.6 Å². The van der Waals surface area contributed by atoms with E-state index in [9.17, 15) is 28.8 Å². The van der Waals surface area contributed by atoms with E-state index < -0.39 is 40.8 Å². The molecule has 126 valence electrons. The average molecular weight is 337 g/mol. The molecule has 9 heteroatoms. The molecule has 7 nitrogen and oxygen atoms in total. The maximum Gasteiger partial charge on any atom is 0.319 e. The molecule has 1 unspecified atom stereocenters. The van der Waals surface area contributed by atoms with Crippen molar-refractivity contribution >= 4 is 17.4 Å². The molecular weight excluding hydrogens is 324 g/mol. The molecule has 0 aromatic heterocycles. The summed E-state index contributed by atoms with van der Waals surface area (Å²) in [6.07, 6.45) is -1.58. The molecule has 2 aromatic carbocycles. The van der Waals surface area contributed by atoms with Crippen LogP contribution in [0.25, 0.3) is 0 Å². The van der Waals surface area contributed by atoms with E-state index in [0.717, 1.165) is 24.3 Å². The van der Waals surface area contributed by atoms with Gasteiger partial charge in [0.15, 0.2) is 0 Å². The number of nitrogens with zero attached hydrogens (tertiary/aromatic N) is 1. The lowest BCUT2D eigenvalue weighted by Crippen LogP contribution is -2.32. The normalized spacial score (nSPS) is 11.6. The Labute approximate surface area is 135 Å². The summed E-state index contributed by atoms with van der Waals surface area (Å²) in [5, 5.41) is 25.0. The summed E-state index contributed by atoms with van der Waals surface area (Å²) in [6, 6.07) is 7.57. The third-order valence-electron chi connectivity index (χ3n) is 3.10. The van der Waals surface area contributed by atoms with E-state index in [1.807, 2.05) is 0 Å². The fourth-order valence-corrected chi connectivity index (χ4v) is 1.99. The van der Waals surface area contributed by atoms with Gasteiger partial charge in [0.2, 0.25) is 0 Å². The number of hydrogen-bond acceptors (Lipinski definition) is 4. The quantitative estimate of drug-likeness (QED) is 0.576. The zero-order chi connectivity index (χ0) is 17.7. The van der Waals surface area contributed by atoms with Gasteiger partial charge < -0.3 is 15.7 Å². The molecule has 0 aliphatic heterocycles. The highest BCUT2D eigenvalue weighted by molar-refractivity contribution is 5.89. The van der Waals surface area contributed by atoms with E-state index in [4.69, 9.17) is 0 Å². The van der Waals surface area contributed by atoms with Crippen molar-refractivity contribution in [3.05, 3.63) is 69.8 Å². The van der Waals surface area contributed by atoms with Crippen LogP contribution in [0.3, 0.4) is 0 Å². The Bertz CT molecular complexity index is 750. The molecule has 0 aliphatic carbocycles. The van der Waals surface area contributed by atoms with Crippen molar-refractivity contribution in [2.45, 2.75) is 6.10 Å². The fourth-order valence-electron chi connectivity index (χ4n) is 1.99. The molecule has 0 heterocycles. The lowest BCUT2D eigenvalue weighted by molar-refractivity contribution is -0.384. The minimum Gasteiger partial charge on any atom is -0.386 e. The number of anilines is 1. The molecule has 3 N–H and O–H groups in total. The first-order chi connectivity index (χ1) is 11.4. The number of nitro groups is 1. The summed E-state index contributed by atoms with van der Waals surface area (Å²) in [5.74, 6) is -1.85. The maximum atomic E-state index is 13.5. The first-order valence-electron chi connectivity index (χ1n) is 6.79. The topological polar surface area (TPSA) is 104 Å². The van der Waals surface area contributed by atoms with Crippen LogP contribution in [-0.4, -0.2) is 22.6 Å². The van der Waals surface area contributed by atoms with Crippen LogP contribution >= 0.6 is 0 Å². The van der Waals surface area contributed by atoms with E-state index in [0.29, 0.717) is 0 Å². The SMILES string of the molecule is O=C(NCC(O)c1c(F)cccc1F)Nc1cccc([N+](=O)[O-])c1. The van der Waals surface area contributed by atoms with Gasteiger partial charge in [0.25, 0.3) is 5.69 Å². The number of benzene rings is 2. The Morgan fingerprint density at radius 1 is 1.21 bits per heavy atom. The van der Waals surface area contributed by atoms with E-state index in [2.05, 4.69) is 10.6 Å². The van der Waals surface area contributed by atoms with Gasteiger partial charge >= 0.3 is 6.03 Å². The summed E-state index contributed by atoms with van der Waals surface area (Å²) >= 11 is 0. The highest BCUT2D eigenvalue weighted by atomic mass is 19.1. The van der Waals surface area contributed by atoms with E-state index in [1.54, 1.807) is 0 Å². The van der Waals surface area contributed by atoms with E-state index in [-0.39, 0.29) is 11.4 Å². The van der Waals surface area contributed by atoms with Gasteiger partial charge in [-0.05, 0) is 18.2 Å². The predicted octanol–water partition coefficient (Wildman–Crippen LogP) is 2.73. The summed E-state index contributed by atoms with van der Waals surface area (Å²) in [4.78, 5) is 21.7. The third-order valence-corrected chi connectivity index (χ3v) is 3.10. The molecular formula is C15H13F2N3O4. The number of hydrogen-bond donors (Lipinski definition) is 3. The average Bonchev–Trinajstić information content (AvgIpc) is 2.53. The van der Waals surface area contributed by atoms with Crippen molar-refractivity contribution in [2.75, 3.05) is 11.9 Å². The number of carbonyl (C=O) groups is 1. The van der Waals surface area contributed by atoms with E-state index >= 15 is 0 Å². The van der Waals surface area contributed by atoms with Crippen LogP contribution in [0.2, 0.25) is 0 Å². The Kier molecular flexibility index (Phi) is 5.38. The van der Waals surface area contributed by atoms with Gasteiger partial charge in [0, 0.05) is 24.4 Å². The predicted molar refractivity (Wildman–Crippen MR) is 81.4 cm³/mol.